The van der Waals surface area contributed by atoms with Crippen LogP contribution in [0.3, 0.4) is 0 Å². The zero-order valence-corrected chi connectivity index (χ0v) is 11.0. The first-order valence-corrected chi connectivity index (χ1v) is 6.38. The van der Waals surface area contributed by atoms with E-state index in [1.165, 1.54) is 37.7 Å². The molecule has 0 aromatic carbocycles. The Morgan fingerprint density at radius 2 is 1.93 bits per heavy atom. The summed E-state index contributed by atoms with van der Waals surface area (Å²) in [6.45, 7) is 10.7. The van der Waals surface area contributed by atoms with Gasteiger partial charge in [0, 0.05) is 13.2 Å². The topological polar surface area (TPSA) is 9.23 Å². The molecule has 0 amide bonds. The third-order valence-electron chi connectivity index (χ3n) is 2.61. The molecule has 0 saturated heterocycles. The molecule has 15 heavy (non-hydrogen) atoms. The minimum absolute atomic E-state index is 0.794. The minimum Gasteiger partial charge on any atom is -0.381 e. The van der Waals surface area contributed by atoms with E-state index in [0.29, 0.717) is 0 Å². The molecule has 0 N–H and O–H groups in total. The van der Waals surface area contributed by atoms with Gasteiger partial charge in [0.25, 0.3) is 0 Å². The highest BCUT2D eigenvalue weighted by atomic mass is 16.5. The second kappa shape index (κ2) is 10.2. The van der Waals surface area contributed by atoms with Crippen molar-refractivity contribution < 1.29 is 4.74 Å². The Labute approximate surface area is 95.9 Å². The van der Waals surface area contributed by atoms with Crippen LogP contribution in [-0.2, 0) is 4.74 Å². The van der Waals surface area contributed by atoms with Gasteiger partial charge < -0.3 is 4.74 Å². The highest BCUT2D eigenvalue weighted by Gasteiger charge is 2.00. The first-order valence-electron chi connectivity index (χ1n) is 6.38. The second-order valence-corrected chi connectivity index (χ2v) is 4.72. The Bertz CT molecular complexity index is 157. The maximum absolute atomic E-state index is 5.56. The van der Waals surface area contributed by atoms with E-state index >= 15 is 0 Å². The van der Waals surface area contributed by atoms with Crippen molar-refractivity contribution in [2.24, 2.45) is 5.92 Å². The predicted molar refractivity (Wildman–Crippen MR) is 68.2 cm³/mol. The van der Waals surface area contributed by atoms with Crippen LogP contribution in [0.1, 0.15) is 59.8 Å². The van der Waals surface area contributed by atoms with E-state index in [2.05, 4.69) is 33.8 Å². The molecule has 0 aromatic rings. The van der Waals surface area contributed by atoms with Crippen LogP contribution in [0.5, 0.6) is 0 Å². The third kappa shape index (κ3) is 11.6. The first kappa shape index (κ1) is 14.7. The van der Waals surface area contributed by atoms with Crippen LogP contribution < -0.4 is 0 Å². The van der Waals surface area contributed by atoms with Crippen molar-refractivity contribution in [3.8, 4) is 0 Å². The molecule has 0 spiro atoms. The van der Waals surface area contributed by atoms with E-state index in [4.69, 9.17) is 4.74 Å². The zero-order chi connectivity index (χ0) is 11.5. The SMILES string of the molecule is CCCCOCCC(C)CCC=C(C)C. The number of rotatable bonds is 9. The van der Waals surface area contributed by atoms with E-state index in [9.17, 15) is 0 Å². The molecule has 1 heteroatoms. The molecule has 0 aromatic heterocycles. The summed E-state index contributed by atoms with van der Waals surface area (Å²) in [5.41, 5.74) is 1.43. The lowest BCUT2D eigenvalue weighted by Crippen LogP contribution is -2.02. The molecule has 0 rings (SSSR count). The molecule has 1 unspecified atom stereocenters. The smallest absolute Gasteiger partial charge is 0.0468 e. The van der Waals surface area contributed by atoms with Gasteiger partial charge in [0.2, 0.25) is 0 Å². The van der Waals surface area contributed by atoms with Gasteiger partial charge in [-0.25, -0.2) is 0 Å². The lowest BCUT2D eigenvalue weighted by Gasteiger charge is -2.10. The van der Waals surface area contributed by atoms with Crippen LogP contribution in [-0.4, -0.2) is 13.2 Å². The number of hydrogen-bond acceptors (Lipinski definition) is 1. The lowest BCUT2D eigenvalue weighted by molar-refractivity contribution is 0.118. The van der Waals surface area contributed by atoms with Gasteiger partial charge in [0.1, 0.15) is 0 Å². The molecule has 1 nitrogen and oxygen atoms in total. The first-order chi connectivity index (χ1) is 7.16. The maximum Gasteiger partial charge on any atom is 0.0468 e. The van der Waals surface area contributed by atoms with Crippen molar-refractivity contribution in [1.29, 1.82) is 0 Å². The van der Waals surface area contributed by atoms with Crippen LogP contribution in [0, 0.1) is 5.92 Å². The summed E-state index contributed by atoms with van der Waals surface area (Å²) in [5.74, 6) is 0.794. The fraction of sp³-hybridized carbons (Fsp3) is 0.857. The summed E-state index contributed by atoms with van der Waals surface area (Å²) in [6.07, 6.45) is 8.48. The molecule has 1 atom stereocenters. The fourth-order valence-electron chi connectivity index (χ4n) is 1.43. The summed E-state index contributed by atoms with van der Waals surface area (Å²) < 4.78 is 5.56. The number of ether oxygens (including phenoxy) is 1. The molecule has 0 aliphatic heterocycles. The Kier molecular flexibility index (Phi) is 10.0. The van der Waals surface area contributed by atoms with E-state index < -0.39 is 0 Å². The van der Waals surface area contributed by atoms with Gasteiger partial charge >= 0.3 is 0 Å². The summed E-state index contributed by atoms with van der Waals surface area (Å²) in [7, 11) is 0. The van der Waals surface area contributed by atoms with Crippen molar-refractivity contribution in [2.75, 3.05) is 13.2 Å². The van der Waals surface area contributed by atoms with Gasteiger partial charge in [-0.15, -0.1) is 0 Å². The Hall–Kier alpha value is -0.300. The van der Waals surface area contributed by atoms with Gasteiger partial charge in [-0.1, -0.05) is 31.9 Å². The monoisotopic (exact) mass is 212 g/mol. The fourth-order valence-corrected chi connectivity index (χ4v) is 1.43. The largest absolute Gasteiger partial charge is 0.381 e. The average Bonchev–Trinajstić information content (AvgIpc) is 2.17. The van der Waals surface area contributed by atoms with Crippen LogP contribution in [0.4, 0.5) is 0 Å². The highest BCUT2D eigenvalue weighted by Crippen LogP contribution is 2.11. The van der Waals surface area contributed by atoms with Gasteiger partial charge in [0.05, 0.1) is 0 Å². The van der Waals surface area contributed by atoms with E-state index in [1.54, 1.807) is 0 Å². The Morgan fingerprint density at radius 3 is 2.53 bits per heavy atom. The molecule has 0 radical (unpaired) electrons. The van der Waals surface area contributed by atoms with Gasteiger partial charge in [-0.05, 0) is 45.4 Å². The van der Waals surface area contributed by atoms with Crippen LogP contribution in [0.25, 0.3) is 0 Å². The number of hydrogen-bond donors (Lipinski definition) is 0. The van der Waals surface area contributed by atoms with Gasteiger partial charge in [-0.2, -0.15) is 0 Å². The molecule has 0 bridgehead atoms. The van der Waals surface area contributed by atoms with E-state index in [-0.39, 0.29) is 0 Å². The minimum atomic E-state index is 0.794. The molecule has 0 aliphatic rings. The highest BCUT2D eigenvalue weighted by molar-refractivity contribution is 4.92. The van der Waals surface area contributed by atoms with Crippen molar-refractivity contribution in [3.63, 3.8) is 0 Å². The van der Waals surface area contributed by atoms with Crippen LogP contribution in [0.2, 0.25) is 0 Å². The number of unbranched alkanes of at least 4 members (excludes halogenated alkanes) is 1. The average molecular weight is 212 g/mol. The van der Waals surface area contributed by atoms with Crippen molar-refractivity contribution >= 4 is 0 Å². The maximum atomic E-state index is 5.56. The molecule has 0 heterocycles. The Balaban J connectivity index is 3.26. The second-order valence-electron chi connectivity index (χ2n) is 4.72. The molecule has 0 aliphatic carbocycles. The van der Waals surface area contributed by atoms with Crippen molar-refractivity contribution in [1.82, 2.24) is 0 Å². The van der Waals surface area contributed by atoms with Gasteiger partial charge in [0.15, 0.2) is 0 Å². The summed E-state index contributed by atoms with van der Waals surface area (Å²) in [5, 5.41) is 0. The quantitative estimate of drug-likeness (QED) is 0.401. The van der Waals surface area contributed by atoms with E-state index in [1.807, 2.05) is 0 Å². The van der Waals surface area contributed by atoms with Gasteiger partial charge in [-0.3, -0.25) is 0 Å². The van der Waals surface area contributed by atoms with Crippen LogP contribution in [0.15, 0.2) is 11.6 Å². The molecule has 0 saturated carbocycles. The normalized spacial score (nSPS) is 12.5. The summed E-state index contributed by atoms with van der Waals surface area (Å²) in [4.78, 5) is 0. The summed E-state index contributed by atoms with van der Waals surface area (Å²) in [6, 6.07) is 0. The zero-order valence-electron chi connectivity index (χ0n) is 11.0. The molecular formula is C14H28O. The lowest BCUT2D eigenvalue weighted by atomic mass is 10.0. The summed E-state index contributed by atoms with van der Waals surface area (Å²) >= 11 is 0. The molecule has 90 valence electrons. The van der Waals surface area contributed by atoms with E-state index in [0.717, 1.165) is 19.1 Å². The van der Waals surface area contributed by atoms with Crippen molar-refractivity contribution in [2.45, 2.75) is 59.8 Å². The number of allylic oxidation sites excluding steroid dienone is 2. The predicted octanol–water partition coefficient (Wildman–Crippen LogP) is 4.58. The van der Waals surface area contributed by atoms with Crippen LogP contribution >= 0.6 is 0 Å². The third-order valence-corrected chi connectivity index (χ3v) is 2.61. The standard InChI is InChI=1S/C14H28O/c1-5-6-11-15-12-10-14(4)9-7-8-13(2)3/h8,14H,5-7,9-12H2,1-4H3. The molecular weight excluding hydrogens is 184 g/mol. The Morgan fingerprint density at radius 1 is 1.20 bits per heavy atom. The van der Waals surface area contributed by atoms with Crippen molar-refractivity contribution in [3.05, 3.63) is 11.6 Å². The molecule has 0 fully saturated rings.